The van der Waals surface area contributed by atoms with Crippen molar-refractivity contribution in [1.82, 2.24) is 9.55 Å². The van der Waals surface area contributed by atoms with Crippen molar-refractivity contribution >= 4 is 14.1 Å². The van der Waals surface area contributed by atoms with Gasteiger partial charge in [0.2, 0.25) is 0 Å². The van der Waals surface area contributed by atoms with Crippen LogP contribution in [0.4, 0.5) is 4.39 Å². The first-order valence-corrected chi connectivity index (χ1v) is 10.8. The van der Waals surface area contributed by atoms with E-state index in [9.17, 15) is 19.1 Å². The summed E-state index contributed by atoms with van der Waals surface area (Å²) in [6.07, 6.45) is -3.13. The van der Waals surface area contributed by atoms with Gasteiger partial charge in [0.25, 0.3) is 5.56 Å². The number of H-pyrrole nitrogens is 1. The monoisotopic (exact) mass is 344 g/mol. The SMILES string of the molecule is C[Si](C)(C)C=Cc1cn([C@@H]2O[C@H](CO)[C@@H](O)[C@H]2F)c(=O)[nH]c1=O. The molecule has 128 valence electrons. The van der Waals surface area contributed by atoms with Crippen molar-refractivity contribution in [1.29, 1.82) is 0 Å². The van der Waals surface area contributed by atoms with Crippen molar-refractivity contribution in [2.45, 2.75) is 44.2 Å². The van der Waals surface area contributed by atoms with E-state index in [1.807, 2.05) is 5.70 Å². The van der Waals surface area contributed by atoms with Crippen molar-refractivity contribution in [3.05, 3.63) is 38.3 Å². The number of halogens is 1. The first kappa shape index (κ1) is 17.8. The van der Waals surface area contributed by atoms with Crippen LogP contribution in [0.15, 0.2) is 21.5 Å². The lowest BCUT2D eigenvalue weighted by Gasteiger charge is -2.16. The van der Waals surface area contributed by atoms with E-state index in [0.29, 0.717) is 0 Å². The van der Waals surface area contributed by atoms with Gasteiger partial charge in [-0.25, -0.2) is 9.18 Å². The van der Waals surface area contributed by atoms with Gasteiger partial charge < -0.3 is 14.9 Å². The number of alkyl halides is 1. The van der Waals surface area contributed by atoms with Crippen LogP contribution in [0.5, 0.6) is 0 Å². The standard InChI is InChI=1S/C14H21FN2O5Si/c1-23(2,3)5-4-8-6-17(14(21)16-12(8)20)13-10(15)11(19)9(7-18)22-13/h4-6,9-11,13,18-19H,7H2,1-3H3,(H,16,20,21)/t9-,10-,11-,13-/m1/s1. The summed E-state index contributed by atoms with van der Waals surface area (Å²) in [7, 11) is -1.57. The van der Waals surface area contributed by atoms with Crippen LogP contribution in [-0.4, -0.2) is 52.8 Å². The fourth-order valence-corrected chi connectivity index (χ4v) is 2.91. The number of hydrogen-bond acceptors (Lipinski definition) is 5. The van der Waals surface area contributed by atoms with Crippen LogP contribution in [0.25, 0.3) is 6.08 Å². The Hall–Kier alpha value is -1.55. The number of rotatable bonds is 4. The summed E-state index contributed by atoms with van der Waals surface area (Å²) in [4.78, 5) is 25.9. The Morgan fingerprint density at radius 2 is 2.09 bits per heavy atom. The first-order chi connectivity index (χ1) is 10.6. The number of aromatic nitrogens is 2. The topological polar surface area (TPSA) is 105 Å². The van der Waals surface area contributed by atoms with Crippen LogP contribution in [0.3, 0.4) is 0 Å². The Labute approximate surface area is 133 Å². The first-order valence-electron chi connectivity index (χ1n) is 7.27. The molecule has 1 aliphatic heterocycles. The predicted molar refractivity (Wildman–Crippen MR) is 85.6 cm³/mol. The second kappa shape index (κ2) is 6.52. The Kier molecular flexibility index (Phi) is 5.04. The molecule has 4 atom stereocenters. The highest BCUT2D eigenvalue weighted by Crippen LogP contribution is 2.30. The normalized spacial score (nSPS) is 28.6. The van der Waals surface area contributed by atoms with E-state index in [-0.39, 0.29) is 5.56 Å². The van der Waals surface area contributed by atoms with E-state index >= 15 is 0 Å². The third kappa shape index (κ3) is 3.86. The molecule has 3 N–H and O–H groups in total. The van der Waals surface area contributed by atoms with Crippen LogP contribution in [-0.2, 0) is 4.74 Å². The molecule has 1 aliphatic rings. The molecule has 0 unspecified atom stereocenters. The number of hydrogen-bond donors (Lipinski definition) is 3. The van der Waals surface area contributed by atoms with Crippen LogP contribution >= 0.6 is 0 Å². The molecule has 0 aromatic carbocycles. The fourth-order valence-electron chi connectivity index (χ4n) is 2.23. The van der Waals surface area contributed by atoms with Crippen molar-refractivity contribution in [3.63, 3.8) is 0 Å². The lowest BCUT2D eigenvalue weighted by atomic mass is 10.1. The van der Waals surface area contributed by atoms with Crippen molar-refractivity contribution in [2.24, 2.45) is 0 Å². The average Bonchev–Trinajstić information content (AvgIpc) is 2.73. The predicted octanol–water partition coefficient (Wildman–Crippen LogP) is 0.0159. The lowest BCUT2D eigenvalue weighted by molar-refractivity contribution is -0.0491. The number of aromatic amines is 1. The minimum atomic E-state index is -1.88. The van der Waals surface area contributed by atoms with Gasteiger partial charge in [0.15, 0.2) is 12.4 Å². The van der Waals surface area contributed by atoms with Gasteiger partial charge in [0.05, 0.1) is 20.2 Å². The molecule has 1 fully saturated rings. The summed E-state index contributed by atoms with van der Waals surface area (Å²) in [5.41, 5.74) is 0.706. The Morgan fingerprint density at radius 3 is 2.61 bits per heavy atom. The van der Waals surface area contributed by atoms with Gasteiger partial charge in [-0.05, 0) is 0 Å². The fraction of sp³-hybridized carbons (Fsp3) is 0.571. The molecule has 0 radical (unpaired) electrons. The minimum Gasteiger partial charge on any atom is -0.394 e. The lowest BCUT2D eigenvalue weighted by Crippen LogP contribution is -2.37. The summed E-state index contributed by atoms with van der Waals surface area (Å²) in [5, 5.41) is 18.7. The molecule has 0 amide bonds. The number of aliphatic hydroxyl groups is 2. The second-order valence-corrected chi connectivity index (χ2v) is 11.7. The molecule has 0 spiro atoms. The number of nitrogens with one attached hydrogen (secondary N) is 1. The summed E-state index contributed by atoms with van der Waals surface area (Å²) < 4.78 is 20.2. The van der Waals surface area contributed by atoms with Gasteiger partial charge in [-0.15, -0.1) is 0 Å². The highest BCUT2D eigenvalue weighted by molar-refractivity contribution is 6.81. The smallest absolute Gasteiger partial charge is 0.330 e. The Bertz CT molecular complexity index is 708. The maximum absolute atomic E-state index is 14.1. The zero-order valence-corrected chi connectivity index (χ0v) is 14.2. The molecule has 1 aromatic rings. The number of aliphatic hydroxyl groups excluding tert-OH is 2. The quantitative estimate of drug-likeness (QED) is 0.668. The maximum Gasteiger partial charge on any atom is 0.330 e. The third-order valence-corrected chi connectivity index (χ3v) is 4.67. The van der Waals surface area contributed by atoms with E-state index < -0.39 is 50.5 Å². The van der Waals surface area contributed by atoms with E-state index in [1.54, 1.807) is 6.08 Å². The molecule has 1 saturated heterocycles. The van der Waals surface area contributed by atoms with E-state index in [0.717, 1.165) is 4.57 Å². The Morgan fingerprint density at radius 1 is 1.43 bits per heavy atom. The summed E-state index contributed by atoms with van der Waals surface area (Å²) in [6.45, 7) is 5.66. The second-order valence-electron chi connectivity index (χ2n) is 6.63. The molecule has 0 saturated carbocycles. The molecule has 1 aromatic heterocycles. The van der Waals surface area contributed by atoms with Crippen LogP contribution < -0.4 is 11.2 Å². The third-order valence-electron chi connectivity index (χ3n) is 3.51. The highest BCUT2D eigenvalue weighted by atomic mass is 28.3. The molecule has 23 heavy (non-hydrogen) atoms. The molecule has 2 heterocycles. The summed E-state index contributed by atoms with van der Waals surface area (Å²) in [5.74, 6) is 0. The van der Waals surface area contributed by atoms with Gasteiger partial charge >= 0.3 is 5.69 Å². The van der Waals surface area contributed by atoms with Crippen LogP contribution in [0.1, 0.15) is 11.8 Å². The van der Waals surface area contributed by atoms with Gasteiger partial charge in [-0.1, -0.05) is 31.4 Å². The summed E-state index contributed by atoms with van der Waals surface area (Å²) in [6, 6.07) is 0. The van der Waals surface area contributed by atoms with E-state index in [1.165, 1.54) is 6.20 Å². The molecular formula is C14H21FN2O5Si. The molecule has 0 bridgehead atoms. The Balaban J connectivity index is 2.42. The average molecular weight is 344 g/mol. The zero-order valence-electron chi connectivity index (χ0n) is 13.2. The highest BCUT2D eigenvalue weighted by Gasteiger charge is 2.45. The van der Waals surface area contributed by atoms with Crippen LogP contribution in [0.2, 0.25) is 19.6 Å². The van der Waals surface area contributed by atoms with Crippen LogP contribution in [0, 0.1) is 0 Å². The van der Waals surface area contributed by atoms with Gasteiger partial charge in [0, 0.05) is 6.20 Å². The summed E-state index contributed by atoms with van der Waals surface area (Å²) >= 11 is 0. The van der Waals surface area contributed by atoms with E-state index in [4.69, 9.17) is 9.84 Å². The molecule has 0 aliphatic carbocycles. The number of ether oxygens (including phenoxy) is 1. The van der Waals surface area contributed by atoms with E-state index in [2.05, 4.69) is 24.6 Å². The molecule has 9 heteroatoms. The van der Waals surface area contributed by atoms with Gasteiger partial charge in [-0.3, -0.25) is 14.3 Å². The minimum absolute atomic E-state index is 0.199. The van der Waals surface area contributed by atoms with Gasteiger partial charge in [-0.2, -0.15) is 0 Å². The molecular weight excluding hydrogens is 323 g/mol. The maximum atomic E-state index is 14.1. The van der Waals surface area contributed by atoms with Crippen molar-refractivity contribution in [3.8, 4) is 0 Å². The molecule has 7 nitrogen and oxygen atoms in total. The zero-order chi connectivity index (χ0) is 17.4. The number of nitrogens with zero attached hydrogens (tertiary/aromatic N) is 1. The largest absolute Gasteiger partial charge is 0.394 e. The van der Waals surface area contributed by atoms with Gasteiger partial charge in [0.1, 0.15) is 12.2 Å². The van der Waals surface area contributed by atoms with Crippen molar-refractivity contribution < 1.29 is 19.3 Å². The molecule has 2 rings (SSSR count). The van der Waals surface area contributed by atoms with Crippen molar-refractivity contribution in [2.75, 3.05) is 6.61 Å².